The highest BCUT2D eigenvalue weighted by atomic mass is 19.4. The Kier molecular flexibility index (Phi) is 4.06. The minimum absolute atomic E-state index is 0.0149. The van der Waals surface area contributed by atoms with Crippen molar-refractivity contribution in [3.8, 4) is 11.4 Å². The molecule has 1 fully saturated rings. The van der Waals surface area contributed by atoms with E-state index < -0.39 is 11.7 Å². The SMILES string of the molecule is O=C1CCCC(Cc2nc(-c3cccc(C(F)(F)F)c3)no2)N1. The van der Waals surface area contributed by atoms with E-state index >= 15 is 0 Å². The quantitative estimate of drug-likeness (QED) is 0.942. The summed E-state index contributed by atoms with van der Waals surface area (Å²) in [6.45, 7) is 0. The normalized spacial score (nSPS) is 18.7. The Morgan fingerprint density at radius 1 is 1.35 bits per heavy atom. The van der Waals surface area contributed by atoms with Crippen molar-refractivity contribution < 1.29 is 22.5 Å². The highest BCUT2D eigenvalue weighted by Gasteiger charge is 2.31. The molecular formula is C15H14F3N3O2. The molecule has 1 N–H and O–H groups in total. The van der Waals surface area contributed by atoms with Gasteiger partial charge < -0.3 is 9.84 Å². The first-order valence-corrected chi connectivity index (χ1v) is 7.21. The monoisotopic (exact) mass is 325 g/mol. The number of aromatic nitrogens is 2. The molecule has 23 heavy (non-hydrogen) atoms. The highest BCUT2D eigenvalue weighted by Crippen LogP contribution is 2.31. The van der Waals surface area contributed by atoms with E-state index in [4.69, 9.17) is 4.52 Å². The first-order chi connectivity index (χ1) is 10.9. The first-order valence-electron chi connectivity index (χ1n) is 7.21. The lowest BCUT2D eigenvalue weighted by molar-refractivity contribution is -0.137. The van der Waals surface area contributed by atoms with Gasteiger partial charge in [-0.1, -0.05) is 17.3 Å². The fourth-order valence-corrected chi connectivity index (χ4v) is 2.53. The molecule has 1 amide bonds. The molecule has 0 saturated carbocycles. The molecule has 0 aliphatic carbocycles. The van der Waals surface area contributed by atoms with Crippen molar-refractivity contribution in [2.75, 3.05) is 0 Å². The Morgan fingerprint density at radius 3 is 2.91 bits per heavy atom. The van der Waals surface area contributed by atoms with Crippen LogP contribution in [0.25, 0.3) is 11.4 Å². The van der Waals surface area contributed by atoms with Crippen molar-refractivity contribution in [2.45, 2.75) is 37.9 Å². The van der Waals surface area contributed by atoms with E-state index in [1.165, 1.54) is 12.1 Å². The van der Waals surface area contributed by atoms with Crippen molar-refractivity contribution in [1.29, 1.82) is 0 Å². The summed E-state index contributed by atoms with van der Waals surface area (Å²) in [6, 6.07) is 4.69. The van der Waals surface area contributed by atoms with Gasteiger partial charge in [0.15, 0.2) is 0 Å². The number of amides is 1. The molecule has 2 heterocycles. The van der Waals surface area contributed by atoms with Gasteiger partial charge in [0.2, 0.25) is 17.6 Å². The zero-order valence-electron chi connectivity index (χ0n) is 12.1. The van der Waals surface area contributed by atoms with Gasteiger partial charge in [0.05, 0.1) is 5.56 Å². The number of halogens is 3. The third kappa shape index (κ3) is 3.69. The molecule has 1 aromatic carbocycles. The number of benzene rings is 1. The highest BCUT2D eigenvalue weighted by molar-refractivity contribution is 5.76. The summed E-state index contributed by atoms with van der Waals surface area (Å²) < 4.78 is 43.3. The predicted molar refractivity (Wildman–Crippen MR) is 74.2 cm³/mol. The maximum atomic E-state index is 12.7. The summed E-state index contributed by atoms with van der Waals surface area (Å²) in [7, 11) is 0. The van der Waals surface area contributed by atoms with E-state index in [2.05, 4.69) is 15.5 Å². The number of carbonyl (C=O) groups excluding carboxylic acids is 1. The largest absolute Gasteiger partial charge is 0.416 e. The summed E-state index contributed by atoms with van der Waals surface area (Å²) in [6.07, 6.45) is -1.93. The molecule has 3 rings (SSSR count). The second-order valence-electron chi connectivity index (χ2n) is 5.45. The van der Waals surface area contributed by atoms with Crippen LogP contribution in [-0.2, 0) is 17.4 Å². The molecule has 0 radical (unpaired) electrons. The van der Waals surface area contributed by atoms with E-state index in [0.717, 1.165) is 25.0 Å². The lowest BCUT2D eigenvalue weighted by Crippen LogP contribution is -2.40. The molecule has 1 aliphatic heterocycles. The number of nitrogens with one attached hydrogen (secondary N) is 1. The van der Waals surface area contributed by atoms with Crippen LogP contribution in [0.4, 0.5) is 13.2 Å². The van der Waals surface area contributed by atoms with Gasteiger partial charge in [-0.2, -0.15) is 18.2 Å². The van der Waals surface area contributed by atoms with Gasteiger partial charge in [0.1, 0.15) is 0 Å². The fraction of sp³-hybridized carbons (Fsp3) is 0.400. The average Bonchev–Trinajstić information content (AvgIpc) is 2.95. The smallest absolute Gasteiger partial charge is 0.353 e. The number of piperidine rings is 1. The zero-order valence-corrected chi connectivity index (χ0v) is 12.1. The van der Waals surface area contributed by atoms with Crippen LogP contribution in [0.15, 0.2) is 28.8 Å². The fourth-order valence-electron chi connectivity index (χ4n) is 2.53. The molecular weight excluding hydrogens is 311 g/mol. The van der Waals surface area contributed by atoms with Crippen LogP contribution < -0.4 is 5.32 Å². The van der Waals surface area contributed by atoms with E-state index in [1.54, 1.807) is 0 Å². The minimum atomic E-state index is -4.42. The molecule has 1 unspecified atom stereocenters. The van der Waals surface area contributed by atoms with Gasteiger partial charge in [-0.3, -0.25) is 4.79 Å². The molecule has 8 heteroatoms. The molecule has 0 spiro atoms. The Morgan fingerprint density at radius 2 is 2.17 bits per heavy atom. The zero-order chi connectivity index (χ0) is 16.4. The Balaban J connectivity index is 1.75. The van der Waals surface area contributed by atoms with Crippen molar-refractivity contribution in [3.05, 3.63) is 35.7 Å². The maximum absolute atomic E-state index is 12.7. The molecule has 122 valence electrons. The third-order valence-electron chi connectivity index (χ3n) is 3.66. The van der Waals surface area contributed by atoms with Crippen LogP contribution in [0.3, 0.4) is 0 Å². The van der Waals surface area contributed by atoms with Crippen molar-refractivity contribution in [1.82, 2.24) is 15.5 Å². The summed E-state index contributed by atoms with van der Waals surface area (Å²) >= 11 is 0. The Bertz CT molecular complexity index is 712. The van der Waals surface area contributed by atoms with Crippen molar-refractivity contribution >= 4 is 5.91 Å². The van der Waals surface area contributed by atoms with Gasteiger partial charge in [-0.25, -0.2) is 0 Å². The second kappa shape index (κ2) is 6.02. The number of nitrogens with zero attached hydrogens (tertiary/aromatic N) is 2. The lowest BCUT2D eigenvalue weighted by atomic mass is 10.0. The number of rotatable bonds is 3. The number of alkyl halides is 3. The standard InChI is InChI=1S/C15H14F3N3O2/c16-15(17,18)10-4-1-3-9(7-10)14-20-13(23-21-14)8-11-5-2-6-12(22)19-11/h1,3-4,7,11H,2,5-6,8H2,(H,19,22). The van der Waals surface area contributed by atoms with Crippen LogP contribution in [0.1, 0.15) is 30.7 Å². The average molecular weight is 325 g/mol. The molecule has 1 atom stereocenters. The molecule has 1 saturated heterocycles. The molecule has 1 aromatic heterocycles. The topological polar surface area (TPSA) is 68.0 Å². The molecule has 1 aliphatic rings. The summed E-state index contributed by atoms with van der Waals surface area (Å²) in [5.74, 6) is 0.386. The Hall–Kier alpha value is -2.38. The number of hydrogen-bond acceptors (Lipinski definition) is 4. The predicted octanol–water partition coefficient (Wildman–Crippen LogP) is 2.97. The van der Waals surface area contributed by atoms with Crippen LogP contribution in [0.5, 0.6) is 0 Å². The second-order valence-corrected chi connectivity index (χ2v) is 5.45. The van der Waals surface area contributed by atoms with E-state index in [-0.39, 0.29) is 23.3 Å². The Labute approximate surface area is 129 Å². The van der Waals surface area contributed by atoms with Gasteiger partial charge in [-0.15, -0.1) is 0 Å². The molecule has 2 aromatic rings. The lowest BCUT2D eigenvalue weighted by Gasteiger charge is -2.21. The van der Waals surface area contributed by atoms with E-state index in [1.807, 2.05) is 0 Å². The van der Waals surface area contributed by atoms with Crippen molar-refractivity contribution in [3.63, 3.8) is 0 Å². The van der Waals surface area contributed by atoms with E-state index in [0.29, 0.717) is 18.7 Å². The maximum Gasteiger partial charge on any atom is 0.416 e. The van der Waals surface area contributed by atoms with Crippen LogP contribution in [0.2, 0.25) is 0 Å². The molecule has 0 bridgehead atoms. The van der Waals surface area contributed by atoms with Gasteiger partial charge >= 0.3 is 6.18 Å². The van der Waals surface area contributed by atoms with Crippen LogP contribution >= 0.6 is 0 Å². The molecule has 5 nitrogen and oxygen atoms in total. The minimum Gasteiger partial charge on any atom is -0.353 e. The van der Waals surface area contributed by atoms with Crippen molar-refractivity contribution in [2.24, 2.45) is 0 Å². The van der Waals surface area contributed by atoms with Crippen LogP contribution in [0, 0.1) is 0 Å². The number of hydrogen-bond donors (Lipinski definition) is 1. The number of carbonyl (C=O) groups is 1. The van der Waals surface area contributed by atoms with Gasteiger partial charge in [0.25, 0.3) is 0 Å². The summed E-state index contributed by atoms with van der Waals surface area (Å²) in [5.41, 5.74) is -0.525. The van der Waals surface area contributed by atoms with Gasteiger partial charge in [0, 0.05) is 24.4 Å². The van der Waals surface area contributed by atoms with E-state index in [9.17, 15) is 18.0 Å². The third-order valence-corrected chi connectivity index (χ3v) is 3.66. The van der Waals surface area contributed by atoms with Crippen LogP contribution in [-0.4, -0.2) is 22.1 Å². The first kappa shape index (κ1) is 15.5. The van der Waals surface area contributed by atoms with Gasteiger partial charge in [-0.05, 0) is 25.0 Å². The summed E-state index contributed by atoms with van der Waals surface area (Å²) in [5, 5.41) is 6.56. The summed E-state index contributed by atoms with van der Waals surface area (Å²) in [4.78, 5) is 15.5.